The Hall–Kier alpha value is -2.89. The van der Waals surface area contributed by atoms with Crippen molar-refractivity contribution in [2.45, 2.75) is 5.92 Å². The SMILES string of the molecule is COc1cc(C2COc3cc(O)ccc3C2=O)c(OC)cc1O. The van der Waals surface area contributed by atoms with Crippen molar-refractivity contribution in [3.8, 4) is 28.7 Å². The Morgan fingerprint density at radius 2 is 1.83 bits per heavy atom. The highest BCUT2D eigenvalue weighted by Crippen LogP contribution is 2.41. The van der Waals surface area contributed by atoms with Gasteiger partial charge in [0.25, 0.3) is 0 Å². The second-order valence-corrected chi connectivity index (χ2v) is 5.17. The molecule has 2 aromatic carbocycles. The average Bonchev–Trinajstić information content (AvgIpc) is 2.55. The molecular formula is C17H16O6. The van der Waals surface area contributed by atoms with E-state index in [0.29, 0.717) is 22.6 Å². The molecule has 2 aromatic rings. The second kappa shape index (κ2) is 5.72. The summed E-state index contributed by atoms with van der Waals surface area (Å²) in [4.78, 5) is 12.8. The molecule has 0 saturated carbocycles. The van der Waals surface area contributed by atoms with E-state index in [1.165, 1.54) is 38.5 Å². The van der Waals surface area contributed by atoms with E-state index in [-0.39, 0.29) is 29.6 Å². The molecule has 1 unspecified atom stereocenters. The highest BCUT2D eigenvalue weighted by molar-refractivity contribution is 6.04. The molecule has 3 rings (SSSR count). The number of hydrogen-bond donors (Lipinski definition) is 2. The maximum Gasteiger partial charge on any atom is 0.177 e. The van der Waals surface area contributed by atoms with Gasteiger partial charge in [-0.05, 0) is 18.2 Å². The number of rotatable bonds is 3. The van der Waals surface area contributed by atoms with Crippen LogP contribution in [0.2, 0.25) is 0 Å². The fourth-order valence-electron chi connectivity index (χ4n) is 2.68. The number of carbonyl (C=O) groups is 1. The Balaban J connectivity index is 2.06. The molecule has 2 N–H and O–H groups in total. The molecule has 1 atom stereocenters. The normalized spacial score (nSPS) is 16.4. The van der Waals surface area contributed by atoms with Gasteiger partial charge < -0.3 is 24.4 Å². The number of phenols is 2. The van der Waals surface area contributed by atoms with Crippen molar-refractivity contribution in [1.29, 1.82) is 0 Å². The van der Waals surface area contributed by atoms with Crippen LogP contribution in [-0.4, -0.2) is 36.8 Å². The van der Waals surface area contributed by atoms with Gasteiger partial charge in [0.2, 0.25) is 0 Å². The lowest BCUT2D eigenvalue weighted by Crippen LogP contribution is -2.26. The van der Waals surface area contributed by atoms with Crippen molar-refractivity contribution in [3.63, 3.8) is 0 Å². The summed E-state index contributed by atoms with van der Waals surface area (Å²) in [6.07, 6.45) is 0. The van der Waals surface area contributed by atoms with Gasteiger partial charge in [0.15, 0.2) is 17.3 Å². The number of ketones is 1. The van der Waals surface area contributed by atoms with Crippen LogP contribution < -0.4 is 14.2 Å². The molecule has 0 aromatic heterocycles. The summed E-state index contributed by atoms with van der Waals surface area (Å²) in [5, 5.41) is 19.3. The molecule has 23 heavy (non-hydrogen) atoms. The zero-order valence-corrected chi connectivity index (χ0v) is 12.7. The van der Waals surface area contributed by atoms with Gasteiger partial charge in [0.05, 0.1) is 25.7 Å². The third-order valence-electron chi connectivity index (χ3n) is 3.86. The monoisotopic (exact) mass is 316 g/mol. The van der Waals surface area contributed by atoms with Crippen LogP contribution in [0.4, 0.5) is 0 Å². The zero-order chi connectivity index (χ0) is 16.6. The number of methoxy groups -OCH3 is 2. The molecule has 0 amide bonds. The Kier molecular flexibility index (Phi) is 3.73. The van der Waals surface area contributed by atoms with E-state index in [4.69, 9.17) is 14.2 Å². The highest BCUT2D eigenvalue weighted by Gasteiger charge is 2.33. The van der Waals surface area contributed by atoms with Crippen molar-refractivity contribution >= 4 is 5.78 Å². The van der Waals surface area contributed by atoms with Crippen LogP contribution in [0.3, 0.4) is 0 Å². The predicted octanol–water partition coefficient (Wildman–Crippen LogP) is 2.47. The van der Waals surface area contributed by atoms with Crippen LogP contribution >= 0.6 is 0 Å². The fraction of sp³-hybridized carbons (Fsp3) is 0.235. The van der Waals surface area contributed by atoms with Gasteiger partial charge in [0, 0.05) is 17.7 Å². The van der Waals surface area contributed by atoms with Gasteiger partial charge in [-0.15, -0.1) is 0 Å². The van der Waals surface area contributed by atoms with E-state index in [0.717, 1.165) is 0 Å². The van der Waals surface area contributed by atoms with E-state index in [2.05, 4.69) is 0 Å². The maximum atomic E-state index is 12.8. The van der Waals surface area contributed by atoms with Crippen molar-refractivity contribution in [2.24, 2.45) is 0 Å². The lowest BCUT2D eigenvalue weighted by atomic mass is 9.88. The average molecular weight is 316 g/mol. The van der Waals surface area contributed by atoms with Gasteiger partial charge in [-0.3, -0.25) is 4.79 Å². The van der Waals surface area contributed by atoms with Crippen LogP contribution in [0, 0.1) is 0 Å². The number of aromatic hydroxyl groups is 2. The zero-order valence-electron chi connectivity index (χ0n) is 12.7. The number of fused-ring (bicyclic) bond motifs is 1. The quantitative estimate of drug-likeness (QED) is 0.905. The first-order chi connectivity index (χ1) is 11.0. The number of ether oxygens (including phenoxy) is 3. The summed E-state index contributed by atoms with van der Waals surface area (Å²) in [5.74, 6) is 0.240. The Morgan fingerprint density at radius 3 is 2.52 bits per heavy atom. The van der Waals surface area contributed by atoms with Crippen LogP contribution in [-0.2, 0) is 0 Å². The molecule has 0 bridgehead atoms. The Morgan fingerprint density at radius 1 is 1.09 bits per heavy atom. The van der Waals surface area contributed by atoms with Crippen molar-refractivity contribution in [3.05, 3.63) is 41.5 Å². The first-order valence-corrected chi connectivity index (χ1v) is 7.00. The topological polar surface area (TPSA) is 85.2 Å². The third kappa shape index (κ3) is 2.52. The van der Waals surface area contributed by atoms with Crippen LogP contribution in [0.5, 0.6) is 28.7 Å². The molecule has 6 nitrogen and oxygen atoms in total. The molecule has 0 radical (unpaired) electrons. The number of phenolic OH excluding ortho intramolecular Hbond substituents is 2. The summed E-state index contributed by atoms with van der Waals surface area (Å²) >= 11 is 0. The van der Waals surface area contributed by atoms with Gasteiger partial charge >= 0.3 is 0 Å². The van der Waals surface area contributed by atoms with Gasteiger partial charge in [-0.1, -0.05) is 0 Å². The number of benzene rings is 2. The van der Waals surface area contributed by atoms with Gasteiger partial charge in [0.1, 0.15) is 23.9 Å². The fourth-order valence-corrected chi connectivity index (χ4v) is 2.68. The van der Waals surface area contributed by atoms with Gasteiger partial charge in [-0.2, -0.15) is 0 Å². The minimum atomic E-state index is -0.587. The lowest BCUT2D eigenvalue weighted by molar-refractivity contribution is 0.0894. The molecule has 1 aliphatic heterocycles. The van der Waals surface area contributed by atoms with E-state index in [1.54, 1.807) is 6.07 Å². The van der Waals surface area contributed by atoms with Crippen LogP contribution in [0.25, 0.3) is 0 Å². The molecule has 0 spiro atoms. The molecule has 0 aliphatic carbocycles. The number of hydrogen-bond acceptors (Lipinski definition) is 6. The standard InChI is InChI=1S/C17H16O6/c1-21-14-7-13(19)16(22-2)6-11(14)12-8-23-15-5-9(18)3-4-10(15)17(12)20/h3-7,12,18-19H,8H2,1-2H3. The largest absolute Gasteiger partial charge is 0.508 e. The van der Waals surface area contributed by atoms with E-state index < -0.39 is 5.92 Å². The Bertz CT molecular complexity index is 768. The molecule has 1 heterocycles. The van der Waals surface area contributed by atoms with Crippen molar-refractivity contribution in [2.75, 3.05) is 20.8 Å². The molecule has 120 valence electrons. The van der Waals surface area contributed by atoms with Crippen LogP contribution in [0.1, 0.15) is 21.8 Å². The smallest absolute Gasteiger partial charge is 0.177 e. The minimum Gasteiger partial charge on any atom is -0.508 e. The number of carbonyl (C=O) groups excluding carboxylic acids is 1. The van der Waals surface area contributed by atoms with E-state index in [9.17, 15) is 15.0 Å². The molecule has 0 fully saturated rings. The summed E-state index contributed by atoms with van der Waals surface area (Å²) in [7, 11) is 2.90. The summed E-state index contributed by atoms with van der Waals surface area (Å²) in [5.41, 5.74) is 0.971. The van der Waals surface area contributed by atoms with Crippen LogP contribution in [0.15, 0.2) is 30.3 Å². The second-order valence-electron chi connectivity index (χ2n) is 5.17. The maximum absolute atomic E-state index is 12.8. The summed E-state index contributed by atoms with van der Waals surface area (Å²) in [6, 6.07) is 7.37. The third-order valence-corrected chi connectivity index (χ3v) is 3.86. The van der Waals surface area contributed by atoms with E-state index >= 15 is 0 Å². The van der Waals surface area contributed by atoms with Gasteiger partial charge in [-0.25, -0.2) is 0 Å². The summed E-state index contributed by atoms with van der Waals surface area (Å²) < 4.78 is 16.0. The first-order valence-electron chi connectivity index (χ1n) is 7.00. The van der Waals surface area contributed by atoms with Crippen molar-refractivity contribution < 1.29 is 29.2 Å². The molecular weight excluding hydrogens is 300 g/mol. The van der Waals surface area contributed by atoms with E-state index in [1.807, 2.05) is 0 Å². The predicted molar refractivity (Wildman–Crippen MR) is 81.9 cm³/mol. The Labute approximate surface area is 132 Å². The molecule has 1 aliphatic rings. The molecule has 6 heteroatoms. The molecule has 0 saturated heterocycles. The van der Waals surface area contributed by atoms with Crippen molar-refractivity contribution in [1.82, 2.24) is 0 Å². The highest BCUT2D eigenvalue weighted by atomic mass is 16.5. The summed E-state index contributed by atoms with van der Waals surface area (Å²) in [6.45, 7) is 0.111. The number of Topliss-reactive ketones (excluding diaryl/α,β-unsaturated/α-hetero) is 1. The lowest BCUT2D eigenvalue weighted by Gasteiger charge is -2.26. The first kappa shape index (κ1) is 15.0. The minimum absolute atomic E-state index is 0.0406.